The number of hydrogen-bond donors (Lipinski definition) is 4. The average molecular weight is 430 g/mol. The summed E-state index contributed by atoms with van der Waals surface area (Å²) in [5.41, 5.74) is 7.77. The number of carbonyl (C=O) groups is 1. The van der Waals surface area contributed by atoms with Crippen molar-refractivity contribution < 1.29 is 4.79 Å². The number of nitrogens with two attached hydrogens (primary N) is 1. The molecule has 3 aromatic heterocycles. The van der Waals surface area contributed by atoms with E-state index in [0.717, 1.165) is 25.2 Å². The molecule has 4 aromatic rings. The first kappa shape index (κ1) is 20.8. The minimum atomic E-state index is -0.421. The summed E-state index contributed by atoms with van der Waals surface area (Å²) in [6.45, 7) is 1.67. The Morgan fingerprint density at radius 1 is 1.16 bits per heavy atom. The SMILES string of the molecule is Nc1cncc(-c2c[nH]c(=O)c(NC(=O)c3ccc(NCCCn4ccnc4)cc3)c2)n1. The Hall–Kier alpha value is -4.47. The Kier molecular flexibility index (Phi) is 6.21. The Labute approximate surface area is 183 Å². The summed E-state index contributed by atoms with van der Waals surface area (Å²) in [4.78, 5) is 39.6. The number of pyridine rings is 1. The summed E-state index contributed by atoms with van der Waals surface area (Å²) in [5, 5.41) is 5.97. The van der Waals surface area contributed by atoms with Gasteiger partial charge in [-0.3, -0.25) is 14.6 Å². The number of anilines is 3. The Bertz CT molecular complexity index is 1250. The van der Waals surface area contributed by atoms with Crippen molar-refractivity contribution in [3.05, 3.63) is 83.6 Å². The first-order chi connectivity index (χ1) is 15.6. The number of aromatic amines is 1. The fraction of sp³-hybridized carbons (Fsp3) is 0.136. The van der Waals surface area contributed by atoms with Gasteiger partial charge in [0.25, 0.3) is 11.5 Å². The van der Waals surface area contributed by atoms with Gasteiger partial charge in [-0.15, -0.1) is 0 Å². The number of nitrogen functional groups attached to an aromatic ring is 1. The molecular formula is C22H22N8O2. The summed E-state index contributed by atoms with van der Waals surface area (Å²) >= 11 is 0. The highest BCUT2D eigenvalue weighted by atomic mass is 16.2. The number of hydrogen-bond acceptors (Lipinski definition) is 7. The van der Waals surface area contributed by atoms with E-state index in [1.54, 1.807) is 24.7 Å². The molecule has 4 rings (SSSR count). The van der Waals surface area contributed by atoms with Crippen LogP contribution in [0.25, 0.3) is 11.3 Å². The lowest BCUT2D eigenvalue weighted by atomic mass is 10.1. The molecule has 3 heterocycles. The Morgan fingerprint density at radius 2 is 2.00 bits per heavy atom. The van der Waals surface area contributed by atoms with Crippen molar-refractivity contribution in [2.45, 2.75) is 13.0 Å². The largest absolute Gasteiger partial charge is 0.385 e. The molecule has 32 heavy (non-hydrogen) atoms. The van der Waals surface area contributed by atoms with E-state index < -0.39 is 11.5 Å². The summed E-state index contributed by atoms with van der Waals surface area (Å²) in [6, 6.07) is 8.60. The first-order valence-corrected chi connectivity index (χ1v) is 10.00. The molecule has 10 heteroatoms. The van der Waals surface area contributed by atoms with Crippen LogP contribution in [0.5, 0.6) is 0 Å². The van der Waals surface area contributed by atoms with Crippen LogP contribution in [0.1, 0.15) is 16.8 Å². The second-order valence-corrected chi connectivity index (χ2v) is 7.07. The van der Waals surface area contributed by atoms with Crippen molar-refractivity contribution in [2.75, 3.05) is 22.9 Å². The maximum Gasteiger partial charge on any atom is 0.271 e. The van der Waals surface area contributed by atoms with E-state index in [0.29, 0.717) is 16.8 Å². The van der Waals surface area contributed by atoms with Crippen LogP contribution in [0.15, 0.2) is 72.4 Å². The van der Waals surface area contributed by atoms with Crippen LogP contribution in [0.3, 0.4) is 0 Å². The lowest BCUT2D eigenvalue weighted by Gasteiger charge is -2.09. The molecule has 0 aliphatic carbocycles. The molecule has 0 radical (unpaired) electrons. The smallest absolute Gasteiger partial charge is 0.271 e. The Morgan fingerprint density at radius 3 is 2.75 bits per heavy atom. The van der Waals surface area contributed by atoms with Crippen LogP contribution in [0, 0.1) is 0 Å². The molecule has 0 unspecified atom stereocenters. The number of benzene rings is 1. The van der Waals surface area contributed by atoms with E-state index in [2.05, 4.69) is 30.6 Å². The molecule has 1 amide bonds. The van der Waals surface area contributed by atoms with Gasteiger partial charge in [0.05, 0.1) is 24.4 Å². The van der Waals surface area contributed by atoms with E-state index in [9.17, 15) is 9.59 Å². The number of aryl methyl sites for hydroxylation is 1. The molecule has 10 nitrogen and oxygen atoms in total. The van der Waals surface area contributed by atoms with Gasteiger partial charge in [-0.2, -0.15) is 0 Å². The van der Waals surface area contributed by atoms with Gasteiger partial charge in [-0.05, 0) is 36.8 Å². The third-order valence-corrected chi connectivity index (χ3v) is 4.73. The van der Waals surface area contributed by atoms with Crippen molar-refractivity contribution in [3.8, 4) is 11.3 Å². The van der Waals surface area contributed by atoms with E-state index in [-0.39, 0.29) is 11.5 Å². The molecule has 0 bridgehead atoms. The lowest BCUT2D eigenvalue weighted by molar-refractivity contribution is 0.102. The molecule has 0 aliphatic heterocycles. The van der Waals surface area contributed by atoms with E-state index in [1.165, 1.54) is 24.7 Å². The zero-order chi connectivity index (χ0) is 22.3. The van der Waals surface area contributed by atoms with Gasteiger partial charge >= 0.3 is 0 Å². The molecular weight excluding hydrogens is 408 g/mol. The molecule has 0 fully saturated rings. The number of rotatable bonds is 8. The van der Waals surface area contributed by atoms with Crippen LogP contribution in [0.4, 0.5) is 17.2 Å². The van der Waals surface area contributed by atoms with E-state index >= 15 is 0 Å². The maximum absolute atomic E-state index is 12.6. The molecule has 162 valence electrons. The molecule has 0 spiro atoms. The van der Waals surface area contributed by atoms with Crippen molar-refractivity contribution in [3.63, 3.8) is 0 Å². The quantitative estimate of drug-likeness (QED) is 0.314. The van der Waals surface area contributed by atoms with E-state index in [1.807, 2.05) is 22.9 Å². The highest BCUT2D eigenvalue weighted by Crippen LogP contribution is 2.18. The number of carbonyl (C=O) groups excluding carboxylic acids is 1. The minimum Gasteiger partial charge on any atom is -0.385 e. The number of H-pyrrole nitrogens is 1. The molecule has 0 saturated carbocycles. The van der Waals surface area contributed by atoms with Crippen molar-refractivity contribution >= 4 is 23.1 Å². The van der Waals surface area contributed by atoms with Gasteiger partial charge < -0.3 is 25.9 Å². The Balaban J connectivity index is 1.37. The summed E-state index contributed by atoms with van der Waals surface area (Å²) in [5.74, 6) is -0.132. The standard InChI is InChI=1S/C22H22N8O2/c23-20-13-25-12-19(28-20)16-10-18(22(32)27-11-16)29-21(31)15-2-4-17(5-3-15)26-6-1-8-30-9-7-24-14-30/h2-5,7,9-14,26H,1,6,8H2,(H2,23,28)(H,27,32)(H,29,31). The molecule has 0 saturated heterocycles. The van der Waals surface area contributed by atoms with Gasteiger partial charge in [-0.25, -0.2) is 9.97 Å². The molecule has 0 atom stereocenters. The zero-order valence-corrected chi connectivity index (χ0v) is 17.2. The fourth-order valence-electron chi connectivity index (χ4n) is 3.09. The maximum atomic E-state index is 12.6. The number of aromatic nitrogens is 5. The van der Waals surface area contributed by atoms with Crippen molar-refractivity contribution in [1.82, 2.24) is 24.5 Å². The third-order valence-electron chi connectivity index (χ3n) is 4.73. The van der Waals surface area contributed by atoms with Gasteiger partial charge in [-0.1, -0.05) is 0 Å². The number of imidazole rings is 1. The predicted molar refractivity (Wildman–Crippen MR) is 122 cm³/mol. The van der Waals surface area contributed by atoms with Crippen LogP contribution in [0.2, 0.25) is 0 Å². The fourth-order valence-corrected chi connectivity index (χ4v) is 3.09. The molecule has 1 aromatic carbocycles. The van der Waals surface area contributed by atoms with Crippen LogP contribution in [-0.4, -0.2) is 37.0 Å². The van der Waals surface area contributed by atoms with E-state index in [4.69, 9.17) is 5.73 Å². The summed E-state index contributed by atoms with van der Waals surface area (Å²) in [6.07, 6.45) is 10.9. The van der Waals surface area contributed by atoms with Crippen LogP contribution >= 0.6 is 0 Å². The predicted octanol–water partition coefficient (Wildman–Crippen LogP) is 2.37. The molecule has 5 N–H and O–H groups in total. The highest BCUT2D eigenvalue weighted by Gasteiger charge is 2.11. The number of nitrogens with zero attached hydrogens (tertiary/aromatic N) is 4. The minimum absolute atomic E-state index is 0.110. The third kappa shape index (κ3) is 5.17. The number of nitrogens with one attached hydrogen (secondary N) is 3. The van der Waals surface area contributed by atoms with Crippen molar-refractivity contribution in [1.29, 1.82) is 0 Å². The normalized spacial score (nSPS) is 10.6. The number of amides is 1. The second-order valence-electron chi connectivity index (χ2n) is 7.07. The highest BCUT2D eigenvalue weighted by molar-refractivity contribution is 6.04. The van der Waals surface area contributed by atoms with Crippen LogP contribution in [-0.2, 0) is 6.54 Å². The van der Waals surface area contributed by atoms with Gasteiger partial charge in [0.15, 0.2) is 0 Å². The van der Waals surface area contributed by atoms with Crippen LogP contribution < -0.4 is 21.9 Å². The second kappa shape index (κ2) is 9.56. The monoisotopic (exact) mass is 430 g/mol. The molecule has 0 aliphatic rings. The van der Waals surface area contributed by atoms with Gasteiger partial charge in [0, 0.05) is 48.5 Å². The first-order valence-electron chi connectivity index (χ1n) is 10.00. The van der Waals surface area contributed by atoms with Gasteiger partial charge in [0.1, 0.15) is 11.5 Å². The van der Waals surface area contributed by atoms with Gasteiger partial charge in [0.2, 0.25) is 0 Å². The summed E-state index contributed by atoms with van der Waals surface area (Å²) < 4.78 is 2.02. The topological polar surface area (TPSA) is 144 Å². The average Bonchev–Trinajstić information content (AvgIpc) is 3.32. The van der Waals surface area contributed by atoms with Crippen molar-refractivity contribution in [2.24, 2.45) is 0 Å². The zero-order valence-electron chi connectivity index (χ0n) is 17.2. The summed E-state index contributed by atoms with van der Waals surface area (Å²) in [7, 11) is 0. The lowest BCUT2D eigenvalue weighted by Crippen LogP contribution is -2.19.